The van der Waals surface area contributed by atoms with Gasteiger partial charge in [0.25, 0.3) is 0 Å². The lowest BCUT2D eigenvalue weighted by Gasteiger charge is -2.20. The second-order valence-electron chi connectivity index (χ2n) is 4.34. The third-order valence-electron chi connectivity index (χ3n) is 2.81. The van der Waals surface area contributed by atoms with Crippen LogP contribution in [0.25, 0.3) is 0 Å². The van der Waals surface area contributed by atoms with E-state index in [0.29, 0.717) is 0 Å². The van der Waals surface area contributed by atoms with Crippen molar-refractivity contribution in [2.24, 2.45) is 0 Å². The second kappa shape index (κ2) is 6.55. The Balaban J connectivity index is 3.49. The summed E-state index contributed by atoms with van der Waals surface area (Å²) < 4.78 is 26.3. The number of rotatable bonds is 7. The van der Waals surface area contributed by atoms with Crippen molar-refractivity contribution in [1.29, 1.82) is 0 Å². The van der Waals surface area contributed by atoms with Crippen LogP contribution in [0.1, 0.15) is 15.9 Å². The Labute approximate surface area is 123 Å². The lowest BCUT2D eigenvalue weighted by Crippen LogP contribution is -2.32. The van der Waals surface area contributed by atoms with Gasteiger partial charge in [0, 0.05) is 13.1 Å². The standard InChI is InChI=1S/C14H17NO5S/c1-4-6-15(7-5-2)21(19,20)13-9-11(14(17)18)12(16)8-10(13)3/h4-5,8-9,16H,1-2,6-7H2,3H3,(H,17,18). The average Bonchev–Trinajstić information content (AvgIpc) is 2.37. The van der Waals surface area contributed by atoms with Crippen LogP contribution in [0.15, 0.2) is 42.3 Å². The summed E-state index contributed by atoms with van der Waals surface area (Å²) in [6.07, 6.45) is 2.85. The Bertz CT molecular complexity index is 669. The summed E-state index contributed by atoms with van der Waals surface area (Å²) in [6, 6.07) is 2.08. The number of carbonyl (C=O) groups is 1. The summed E-state index contributed by atoms with van der Waals surface area (Å²) in [5, 5.41) is 18.6. The molecule has 2 N–H and O–H groups in total. The van der Waals surface area contributed by atoms with Crippen molar-refractivity contribution in [3.63, 3.8) is 0 Å². The largest absolute Gasteiger partial charge is 0.507 e. The Morgan fingerprint density at radius 2 is 1.81 bits per heavy atom. The highest BCUT2D eigenvalue weighted by molar-refractivity contribution is 7.89. The molecule has 0 atom stereocenters. The lowest BCUT2D eigenvalue weighted by molar-refractivity contribution is 0.0693. The van der Waals surface area contributed by atoms with Crippen molar-refractivity contribution in [3.05, 3.63) is 48.6 Å². The normalized spacial score (nSPS) is 11.3. The molecular formula is C14H17NO5S. The molecule has 0 heterocycles. The number of sulfonamides is 1. The topological polar surface area (TPSA) is 94.9 Å². The Hall–Kier alpha value is -2.12. The molecule has 114 valence electrons. The van der Waals surface area contributed by atoms with Crippen LogP contribution in [0.2, 0.25) is 0 Å². The van der Waals surface area contributed by atoms with Crippen molar-refractivity contribution >= 4 is 16.0 Å². The zero-order valence-electron chi connectivity index (χ0n) is 11.6. The van der Waals surface area contributed by atoms with E-state index in [1.54, 1.807) is 0 Å². The molecule has 0 radical (unpaired) electrons. The zero-order chi connectivity index (χ0) is 16.2. The predicted octanol–water partition coefficient (Wildman–Crippen LogP) is 1.76. The van der Waals surface area contributed by atoms with Crippen molar-refractivity contribution in [2.75, 3.05) is 13.1 Å². The summed E-state index contributed by atoms with van der Waals surface area (Å²) in [4.78, 5) is 10.9. The first-order valence-corrected chi connectivity index (χ1v) is 7.48. The third-order valence-corrected chi connectivity index (χ3v) is 4.78. The van der Waals surface area contributed by atoms with Crippen LogP contribution in [-0.2, 0) is 10.0 Å². The van der Waals surface area contributed by atoms with Gasteiger partial charge >= 0.3 is 5.97 Å². The molecule has 0 aliphatic carbocycles. The number of benzene rings is 1. The highest BCUT2D eigenvalue weighted by Gasteiger charge is 2.26. The molecule has 0 unspecified atom stereocenters. The third kappa shape index (κ3) is 3.50. The summed E-state index contributed by atoms with van der Waals surface area (Å²) in [5.74, 6) is -1.87. The first kappa shape index (κ1) is 16.9. The van der Waals surface area contributed by atoms with Gasteiger partial charge in [-0.25, -0.2) is 13.2 Å². The van der Waals surface area contributed by atoms with E-state index in [1.165, 1.54) is 19.1 Å². The van der Waals surface area contributed by atoms with E-state index in [-0.39, 0.29) is 23.5 Å². The van der Waals surface area contributed by atoms with Crippen LogP contribution in [-0.4, -0.2) is 42.0 Å². The van der Waals surface area contributed by atoms with Crippen molar-refractivity contribution in [3.8, 4) is 5.75 Å². The summed E-state index contributed by atoms with van der Waals surface area (Å²) in [5.41, 5.74) is -0.202. The Morgan fingerprint density at radius 3 is 2.24 bits per heavy atom. The van der Waals surface area contributed by atoms with Gasteiger partial charge in [0.2, 0.25) is 10.0 Å². The number of carboxylic acid groups (broad SMARTS) is 1. The number of hydrogen-bond acceptors (Lipinski definition) is 4. The SMILES string of the molecule is C=CCN(CC=C)S(=O)(=O)c1cc(C(=O)O)c(O)cc1C. The molecule has 0 aliphatic heterocycles. The van der Waals surface area contributed by atoms with Gasteiger partial charge in [0.15, 0.2) is 0 Å². The maximum absolute atomic E-state index is 12.6. The molecule has 0 bridgehead atoms. The number of aromatic hydroxyl groups is 1. The first-order chi connectivity index (χ1) is 9.75. The summed E-state index contributed by atoms with van der Waals surface area (Å²) >= 11 is 0. The smallest absolute Gasteiger partial charge is 0.339 e. The first-order valence-electron chi connectivity index (χ1n) is 6.04. The average molecular weight is 311 g/mol. The van der Waals surface area contributed by atoms with Gasteiger partial charge in [-0.1, -0.05) is 12.2 Å². The van der Waals surface area contributed by atoms with Gasteiger partial charge in [0.1, 0.15) is 11.3 Å². The number of phenols is 1. The molecule has 0 amide bonds. The van der Waals surface area contributed by atoms with Crippen LogP contribution in [0.3, 0.4) is 0 Å². The fourth-order valence-corrected chi connectivity index (χ4v) is 3.43. The molecule has 21 heavy (non-hydrogen) atoms. The van der Waals surface area contributed by atoms with Crippen LogP contribution in [0, 0.1) is 6.92 Å². The van der Waals surface area contributed by atoms with Gasteiger partial charge < -0.3 is 10.2 Å². The molecule has 0 aromatic heterocycles. The monoisotopic (exact) mass is 311 g/mol. The van der Waals surface area contributed by atoms with Crippen molar-refractivity contribution < 1.29 is 23.4 Å². The molecule has 6 nitrogen and oxygen atoms in total. The van der Waals surface area contributed by atoms with Gasteiger partial charge in [-0.05, 0) is 24.6 Å². The van der Waals surface area contributed by atoms with E-state index in [9.17, 15) is 18.3 Å². The van der Waals surface area contributed by atoms with Crippen LogP contribution < -0.4 is 0 Å². The maximum atomic E-state index is 12.6. The minimum absolute atomic E-state index is 0.0665. The Morgan fingerprint density at radius 1 is 1.29 bits per heavy atom. The fraction of sp³-hybridized carbons (Fsp3) is 0.214. The molecule has 0 spiro atoms. The van der Waals surface area contributed by atoms with Gasteiger partial charge in [-0.2, -0.15) is 4.31 Å². The molecular weight excluding hydrogens is 294 g/mol. The summed E-state index contributed by atoms with van der Waals surface area (Å²) in [6.45, 7) is 8.61. The Kier molecular flexibility index (Phi) is 5.28. The molecule has 7 heteroatoms. The van der Waals surface area contributed by atoms with Crippen molar-refractivity contribution in [2.45, 2.75) is 11.8 Å². The molecule has 0 fully saturated rings. The number of aryl methyl sites for hydroxylation is 1. The zero-order valence-corrected chi connectivity index (χ0v) is 12.4. The van der Waals surface area contributed by atoms with E-state index in [1.807, 2.05) is 0 Å². The van der Waals surface area contributed by atoms with Gasteiger partial charge in [0.05, 0.1) is 4.90 Å². The molecule has 0 saturated carbocycles. The number of carboxylic acids is 1. The fourth-order valence-electron chi connectivity index (χ4n) is 1.82. The van der Waals surface area contributed by atoms with Gasteiger partial charge in [-0.15, -0.1) is 13.2 Å². The molecule has 0 aliphatic rings. The van der Waals surface area contributed by atoms with E-state index in [0.717, 1.165) is 16.4 Å². The minimum Gasteiger partial charge on any atom is -0.507 e. The highest BCUT2D eigenvalue weighted by Crippen LogP contribution is 2.27. The summed E-state index contributed by atoms with van der Waals surface area (Å²) in [7, 11) is -3.91. The second-order valence-corrected chi connectivity index (χ2v) is 6.25. The predicted molar refractivity (Wildman–Crippen MR) is 79.0 cm³/mol. The number of aromatic carboxylic acids is 1. The quantitative estimate of drug-likeness (QED) is 0.748. The molecule has 1 aromatic rings. The van der Waals surface area contributed by atoms with E-state index < -0.39 is 27.3 Å². The highest BCUT2D eigenvalue weighted by atomic mass is 32.2. The van der Waals surface area contributed by atoms with Crippen LogP contribution >= 0.6 is 0 Å². The molecule has 0 saturated heterocycles. The lowest BCUT2D eigenvalue weighted by atomic mass is 10.1. The maximum Gasteiger partial charge on any atom is 0.339 e. The van der Waals surface area contributed by atoms with E-state index in [2.05, 4.69) is 13.2 Å². The van der Waals surface area contributed by atoms with Crippen LogP contribution in [0.4, 0.5) is 0 Å². The number of hydrogen-bond donors (Lipinski definition) is 2. The number of nitrogens with zero attached hydrogens (tertiary/aromatic N) is 1. The van der Waals surface area contributed by atoms with Gasteiger partial charge in [-0.3, -0.25) is 0 Å². The minimum atomic E-state index is -3.91. The van der Waals surface area contributed by atoms with E-state index in [4.69, 9.17) is 5.11 Å². The van der Waals surface area contributed by atoms with Crippen LogP contribution in [0.5, 0.6) is 5.75 Å². The molecule has 1 rings (SSSR count). The molecule has 1 aromatic carbocycles. The van der Waals surface area contributed by atoms with E-state index >= 15 is 0 Å². The van der Waals surface area contributed by atoms with Crippen molar-refractivity contribution in [1.82, 2.24) is 4.31 Å².